The maximum Gasteiger partial charge on any atom is 0.269 e. The van der Waals surface area contributed by atoms with E-state index in [9.17, 15) is 9.59 Å². The molecule has 0 aliphatic heterocycles. The van der Waals surface area contributed by atoms with Crippen molar-refractivity contribution in [2.24, 2.45) is 0 Å². The fourth-order valence-corrected chi connectivity index (χ4v) is 3.42. The molecule has 0 aliphatic rings. The van der Waals surface area contributed by atoms with Gasteiger partial charge in [0.15, 0.2) is 0 Å². The van der Waals surface area contributed by atoms with Crippen molar-refractivity contribution in [3.05, 3.63) is 83.3 Å². The molecule has 0 fully saturated rings. The number of anilines is 1. The average molecular weight is 357 g/mol. The zero-order valence-electron chi connectivity index (χ0n) is 15.0. The van der Waals surface area contributed by atoms with Gasteiger partial charge in [0.1, 0.15) is 6.54 Å². The fraction of sp³-hybridized carbons (Fsp3) is 0.136. The summed E-state index contributed by atoms with van der Waals surface area (Å²) in [6.45, 7) is 2.43. The molecule has 3 aromatic carbocycles. The van der Waals surface area contributed by atoms with Crippen molar-refractivity contribution in [1.82, 2.24) is 9.55 Å². The van der Waals surface area contributed by atoms with E-state index in [-0.39, 0.29) is 18.0 Å². The molecule has 5 heteroatoms. The van der Waals surface area contributed by atoms with Crippen LogP contribution in [0.15, 0.2) is 77.7 Å². The van der Waals surface area contributed by atoms with Gasteiger partial charge in [-0.15, -0.1) is 0 Å². The first kappa shape index (κ1) is 17.0. The lowest BCUT2D eigenvalue weighted by Gasteiger charge is -2.23. The highest BCUT2D eigenvalue weighted by Crippen LogP contribution is 2.27. The zero-order chi connectivity index (χ0) is 18.8. The average Bonchev–Trinajstić information content (AvgIpc) is 2.71. The molecule has 0 radical (unpaired) electrons. The molecular formula is C22H19N3O2. The lowest BCUT2D eigenvalue weighted by Crippen LogP contribution is -2.36. The standard InChI is InChI=1S/C22H19N3O2/c1-2-24(19-13-7-9-16-8-3-4-10-17(16)19)22(27)15-25-20-12-6-5-11-18(20)23-14-21(25)26/h3-14H,2,15H2,1H3. The summed E-state index contributed by atoms with van der Waals surface area (Å²) in [7, 11) is 0. The zero-order valence-corrected chi connectivity index (χ0v) is 15.0. The van der Waals surface area contributed by atoms with Gasteiger partial charge >= 0.3 is 0 Å². The molecule has 0 unspecified atom stereocenters. The van der Waals surface area contributed by atoms with Crippen LogP contribution in [0.4, 0.5) is 5.69 Å². The molecule has 1 aromatic heterocycles. The van der Waals surface area contributed by atoms with Crippen LogP contribution in [0.5, 0.6) is 0 Å². The van der Waals surface area contributed by atoms with Gasteiger partial charge in [-0.2, -0.15) is 0 Å². The molecule has 4 rings (SSSR count). The molecule has 1 heterocycles. The van der Waals surface area contributed by atoms with Crippen LogP contribution >= 0.6 is 0 Å². The van der Waals surface area contributed by atoms with Crippen LogP contribution in [-0.2, 0) is 11.3 Å². The van der Waals surface area contributed by atoms with Gasteiger partial charge in [0, 0.05) is 11.9 Å². The number of rotatable bonds is 4. The monoisotopic (exact) mass is 357 g/mol. The van der Waals surface area contributed by atoms with Gasteiger partial charge in [0.2, 0.25) is 5.91 Å². The van der Waals surface area contributed by atoms with Crippen LogP contribution in [0.3, 0.4) is 0 Å². The van der Waals surface area contributed by atoms with Crippen LogP contribution in [0.1, 0.15) is 6.92 Å². The SMILES string of the molecule is CCN(C(=O)Cn1c(=O)cnc2ccccc21)c1cccc2ccccc12. The molecular weight excluding hydrogens is 338 g/mol. The second kappa shape index (κ2) is 7.03. The molecule has 0 N–H and O–H groups in total. The van der Waals surface area contributed by atoms with E-state index in [1.165, 1.54) is 10.8 Å². The number of carbonyl (C=O) groups is 1. The van der Waals surface area contributed by atoms with E-state index < -0.39 is 0 Å². The van der Waals surface area contributed by atoms with Gasteiger partial charge in [0.25, 0.3) is 5.56 Å². The smallest absolute Gasteiger partial charge is 0.269 e. The maximum absolute atomic E-state index is 13.1. The minimum atomic E-state index is -0.281. The number of para-hydroxylation sites is 2. The van der Waals surface area contributed by atoms with Crippen molar-refractivity contribution in [3.8, 4) is 0 Å². The molecule has 0 atom stereocenters. The molecule has 0 saturated heterocycles. The van der Waals surface area contributed by atoms with E-state index in [1.54, 1.807) is 4.90 Å². The largest absolute Gasteiger partial charge is 0.311 e. The minimum absolute atomic E-state index is 0.0288. The molecule has 27 heavy (non-hydrogen) atoms. The van der Waals surface area contributed by atoms with E-state index in [1.807, 2.05) is 73.7 Å². The Balaban J connectivity index is 1.76. The molecule has 5 nitrogen and oxygen atoms in total. The first-order valence-electron chi connectivity index (χ1n) is 8.91. The molecule has 1 amide bonds. The molecule has 4 aromatic rings. The van der Waals surface area contributed by atoms with Crippen molar-refractivity contribution in [3.63, 3.8) is 0 Å². The van der Waals surface area contributed by atoms with Gasteiger partial charge in [-0.05, 0) is 30.5 Å². The predicted molar refractivity (Wildman–Crippen MR) is 108 cm³/mol. The van der Waals surface area contributed by atoms with Gasteiger partial charge in [-0.1, -0.05) is 48.5 Å². The first-order valence-corrected chi connectivity index (χ1v) is 8.91. The normalized spacial score (nSPS) is 11.0. The second-order valence-electron chi connectivity index (χ2n) is 6.31. The molecule has 0 aliphatic carbocycles. The van der Waals surface area contributed by atoms with Crippen LogP contribution < -0.4 is 10.5 Å². The van der Waals surface area contributed by atoms with Gasteiger partial charge < -0.3 is 4.90 Å². The number of carbonyl (C=O) groups excluding carboxylic acids is 1. The maximum atomic E-state index is 13.1. The number of amides is 1. The Morgan fingerprint density at radius 3 is 2.59 bits per heavy atom. The van der Waals surface area contributed by atoms with Crippen molar-refractivity contribution < 1.29 is 4.79 Å². The Hall–Kier alpha value is -3.47. The number of likely N-dealkylation sites (N-methyl/N-ethyl adjacent to an activating group) is 1. The van der Waals surface area contributed by atoms with E-state index >= 15 is 0 Å². The Labute approximate surface area is 156 Å². The number of nitrogens with zero attached hydrogens (tertiary/aromatic N) is 3. The summed E-state index contributed by atoms with van der Waals surface area (Å²) in [5, 5.41) is 2.09. The van der Waals surface area contributed by atoms with E-state index in [0.717, 1.165) is 16.5 Å². The van der Waals surface area contributed by atoms with Gasteiger partial charge in [0.05, 0.1) is 22.9 Å². The van der Waals surface area contributed by atoms with Crippen LogP contribution in [0.2, 0.25) is 0 Å². The predicted octanol–water partition coefficient (Wildman–Crippen LogP) is 3.60. The third kappa shape index (κ3) is 3.08. The topological polar surface area (TPSA) is 55.2 Å². The summed E-state index contributed by atoms with van der Waals surface area (Å²) >= 11 is 0. The van der Waals surface area contributed by atoms with E-state index in [0.29, 0.717) is 17.6 Å². The van der Waals surface area contributed by atoms with Crippen LogP contribution in [-0.4, -0.2) is 22.0 Å². The highest BCUT2D eigenvalue weighted by molar-refractivity contribution is 6.03. The van der Waals surface area contributed by atoms with Gasteiger partial charge in [-0.3, -0.25) is 14.2 Å². The Bertz CT molecular complexity index is 1190. The molecule has 0 saturated carbocycles. The lowest BCUT2D eigenvalue weighted by molar-refractivity contribution is -0.119. The van der Waals surface area contributed by atoms with Gasteiger partial charge in [-0.25, -0.2) is 4.98 Å². The van der Waals surface area contributed by atoms with Crippen molar-refractivity contribution >= 4 is 33.4 Å². The number of benzene rings is 3. The summed E-state index contributed by atoms with van der Waals surface area (Å²) in [5.41, 5.74) is 1.92. The Morgan fingerprint density at radius 2 is 1.74 bits per heavy atom. The van der Waals surface area contributed by atoms with Crippen molar-refractivity contribution in [2.45, 2.75) is 13.5 Å². The van der Waals surface area contributed by atoms with Crippen LogP contribution in [0.25, 0.3) is 21.8 Å². The van der Waals surface area contributed by atoms with Crippen molar-refractivity contribution in [2.75, 3.05) is 11.4 Å². The number of aromatic nitrogens is 2. The molecule has 134 valence electrons. The third-order valence-electron chi connectivity index (χ3n) is 4.72. The summed E-state index contributed by atoms with van der Waals surface area (Å²) in [6, 6.07) is 21.2. The number of hydrogen-bond donors (Lipinski definition) is 0. The number of fused-ring (bicyclic) bond motifs is 2. The molecule has 0 spiro atoms. The summed E-state index contributed by atoms with van der Waals surface area (Å²) in [5.74, 6) is -0.132. The van der Waals surface area contributed by atoms with E-state index in [2.05, 4.69) is 4.98 Å². The number of hydrogen-bond acceptors (Lipinski definition) is 3. The highest BCUT2D eigenvalue weighted by atomic mass is 16.2. The Morgan fingerprint density at radius 1 is 1.00 bits per heavy atom. The second-order valence-corrected chi connectivity index (χ2v) is 6.31. The summed E-state index contributed by atoms with van der Waals surface area (Å²) < 4.78 is 1.48. The Kier molecular flexibility index (Phi) is 4.42. The molecule has 0 bridgehead atoms. The van der Waals surface area contributed by atoms with Crippen molar-refractivity contribution in [1.29, 1.82) is 0 Å². The summed E-state index contributed by atoms with van der Waals surface area (Å²) in [4.78, 5) is 31.4. The summed E-state index contributed by atoms with van der Waals surface area (Å²) in [6.07, 6.45) is 1.27. The quantitative estimate of drug-likeness (QED) is 0.561. The lowest BCUT2D eigenvalue weighted by atomic mass is 10.1. The highest BCUT2D eigenvalue weighted by Gasteiger charge is 2.18. The third-order valence-corrected chi connectivity index (χ3v) is 4.72. The van der Waals surface area contributed by atoms with Crippen LogP contribution in [0, 0.1) is 0 Å². The first-order chi connectivity index (χ1) is 13.2. The fourth-order valence-electron chi connectivity index (χ4n) is 3.42. The van der Waals surface area contributed by atoms with E-state index in [4.69, 9.17) is 0 Å². The minimum Gasteiger partial charge on any atom is -0.311 e.